The number of aromatic nitrogens is 2. The minimum absolute atomic E-state index is 0.128. The second kappa shape index (κ2) is 5.52. The van der Waals surface area contributed by atoms with Crippen molar-refractivity contribution in [3.8, 4) is 0 Å². The molecule has 2 heterocycles. The summed E-state index contributed by atoms with van der Waals surface area (Å²) in [5.74, 6) is -0.128. The van der Waals surface area contributed by atoms with Crippen molar-refractivity contribution >= 4 is 27.9 Å². The number of fused-ring (bicyclic) bond motifs is 1. The molecule has 0 radical (unpaired) electrons. The van der Waals surface area contributed by atoms with Crippen LogP contribution in [0.2, 0.25) is 0 Å². The summed E-state index contributed by atoms with van der Waals surface area (Å²) in [4.78, 5) is 29.1. The van der Waals surface area contributed by atoms with Gasteiger partial charge in [-0.15, -0.1) is 11.3 Å². The minimum Gasteiger partial charge on any atom is -0.320 e. The van der Waals surface area contributed by atoms with Crippen molar-refractivity contribution in [1.82, 2.24) is 9.38 Å². The quantitative estimate of drug-likeness (QED) is 0.935. The summed E-state index contributed by atoms with van der Waals surface area (Å²) in [5.41, 5.74) is 1.49. The predicted molar refractivity (Wildman–Crippen MR) is 77.0 cm³/mol. The van der Waals surface area contributed by atoms with Gasteiger partial charge >= 0.3 is 0 Å². The topological polar surface area (TPSA) is 63.5 Å². The van der Waals surface area contributed by atoms with E-state index in [9.17, 15) is 9.59 Å². The highest BCUT2D eigenvalue weighted by atomic mass is 32.1. The molecule has 0 spiro atoms. The summed E-state index contributed by atoms with van der Waals surface area (Å²) in [6.07, 6.45) is 2.20. The molecule has 0 unspecified atom stereocenters. The number of nitrogens with one attached hydrogen (secondary N) is 1. The largest absolute Gasteiger partial charge is 0.320 e. The Hall–Kier alpha value is -1.69. The minimum atomic E-state index is -0.203. The maximum Gasteiger partial charge on any atom is 0.282 e. The molecule has 0 fully saturated rings. The number of unbranched alkanes of at least 4 members (excludes halogenated alkanes) is 1. The Kier molecular flexibility index (Phi) is 3.99. The zero-order valence-corrected chi connectivity index (χ0v) is 12.1. The molecule has 0 atom stereocenters. The van der Waals surface area contributed by atoms with Crippen molar-refractivity contribution in [2.24, 2.45) is 0 Å². The molecule has 0 aromatic carbocycles. The van der Waals surface area contributed by atoms with Crippen molar-refractivity contribution in [1.29, 1.82) is 0 Å². The van der Waals surface area contributed by atoms with Crippen LogP contribution in [0, 0.1) is 13.8 Å². The highest BCUT2D eigenvalue weighted by Crippen LogP contribution is 2.16. The molecule has 2 aromatic rings. The van der Waals surface area contributed by atoms with Gasteiger partial charge < -0.3 is 5.32 Å². The molecule has 0 saturated carbocycles. The summed E-state index contributed by atoms with van der Waals surface area (Å²) in [6, 6.07) is 0. The first-order chi connectivity index (χ1) is 9.04. The number of hydrogen-bond acceptors (Lipinski definition) is 4. The molecular weight excluding hydrogens is 262 g/mol. The Morgan fingerprint density at radius 3 is 2.89 bits per heavy atom. The summed E-state index contributed by atoms with van der Waals surface area (Å²) < 4.78 is 1.53. The van der Waals surface area contributed by atoms with Gasteiger partial charge in [-0.25, -0.2) is 4.98 Å². The van der Waals surface area contributed by atoms with Gasteiger partial charge in [0.2, 0.25) is 5.91 Å². The number of aryl methyl sites for hydroxylation is 2. The zero-order valence-electron chi connectivity index (χ0n) is 11.3. The molecule has 0 aliphatic carbocycles. The summed E-state index contributed by atoms with van der Waals surface area (Å²) >= 11 is 1.42. The van der Waals surface area contributed by atoms with E-state index in [1.807, 2.05) is 19.2 Å². The number of nitrogens with zero attached hydrogens (tertiary/aromatic N) is 2. The first-order valence-electron chi connectivity index (χ1n) is 6.32. The van der Waals surface area contributed by atoms with Crippen molar-refractivity contribution in [2.45, 2.75) is 40.0 Å². The van der Waals surface area contributed by atoms with Crippen LogP contribution in [-0.4, -0.2) is 15.3 Å². The molecule has 2 aromatic heterocycles. The highest BCUT2D eigenvalue weighted by Gasteiger charge is 2.14. The second-order valence-electron chi connectivity index (χ2n) is 4.52. The molecule has 6 heteroatoms. The number of carbonyl (C=O) groups is 1. The number of anilines is 1. The smallest absolute Gasteiger partial charge is 0.282 e. The summed E-state index contributed by atoms with van der Waals surface area (Å²) in [7, 11) is 0. The van der Waals surface area contributed by atoms with E-state index in [1.165, 1.54) is 15.7 Å². The van der Waals surface area contributed by atoms with Gasteiger partial charge in [0.05, 0.1) is 5.69 Å². The van der Waals surface area contributed by atoms with E-state index in [1.54, 1.807) is 6.92 Å². The number of amides is 1. The molecule has 0 saturated heterocycles. The van der Waals surface area contributed by atoms with Gasteiger partial charge in [0.25, 0.3) is 5.56 Å². The molecular formula is C13H17N3O2S. The van der Waals surface area contributed by atoms with E-state index in [2.05, 4.69) is 10.3 Å². The highest BCUT2D eigenvalue weighted by molar-refractivity contribution is 7.15. The summed E-state index contributed by atoms with van der Waals surface area (Å²) in [6.45, 7) is 5.62. The Bertz CT molecular complexity index is 672. The molecule has 0 bridgehead atoms. The van der Waals surface area contributed by atoms with Crippen molar-refractivity contribution < 1.29 is 4.79 Å². The lowest BCUT2D eigenvalue weighted by Crippen LogP contribution is -2.24. The van der Waals surface area contributed by atoms with Gasteiger partial charge in [-0.1, -0.05) is 13.3 Å². The van der Waals surface area contributed by atoms with Crippen LogP contribution in [0.4, 0.5) is 5.69 Å². The fraction of sp³-hybridized carbons (Fsp3) is 0.462. The van der Waals surface area contributed by atoms with E-state index in [0.29, 0.717) is 22.8 Å². The summed E-state index contributed by atoms with van der Waals surface area (Å²) in [5, 5.41) is 4.57. The standard InChI is InChI=1S/C13H17N3O2S/c1-4-5-6-10(17)15-11-9(3)14-13-16(12(11)18)8(2)7-19-13/h7H,4-6H2,1-3H3,(H,15,17). The van der Waals surface area contributed by atoms with E-state index in [4.69, 9.17) is 0 Å². The van der Waals surface area contributed by atoms with E-state index in [0.717, 1.165) is 18.5 Å². The molecule has 0 aliphatic heterocycles. The van der Waals surface area contributed by atoms with Gasteiger partial charge in [-0.3, -0.25) is 14.0 Å². The van der Waals surface area contributed by atoms with Crippen LogP contribution in [0.1, 0.15) is 37.6 Å². The average molecular weight is 279 g/mol. The maximum absolute atomic E-state index is 12.4. The van der Waals surface area contributed by atoms with E-state index >= 15 is 0 Å². The number of hydrogen-bond donors (Lipinski definition) is 1. The van der Waals surface area contributed by atoms with Crippen molar-refractivity contribution in [3.05, 3.63) is 27.1 Å². The van der Waals surface area contributed by atoms with Crippen LogP contribution < -0.4 is 10.9 Å². The SMILES string of the molecule is CCCCC(=O)Nc1c(C)nc2scc(C)n2c1=O. The van der Waals surface area contributed by atoms with Gasteiger partial charge in [-0.05, 0) is 20.3 Å². The Labute approximate surface area is 115 Å². The third kappa shape index (κ3) is 2.68. The predicted octanol–water partition coefficient (Wildman–Crippen LogP) is 2.50. The fourth-order valence-corrected chi connectivity index (χ4v) is 2.77. The van der Waals surface area contributed by atoms with Crippen LogP contribution in [0.15, 0.2) is 10.2 Å². The monoisotopic (exact) mass is 279 g/mol. The molecule has 1 N–H and O–H groups in total. The first-order valence-corrected chi connectivity index (χ1v) is 7.20. The second-order valence-corrected chi connectivity index (χ2v) is 5.36. The van der Waals surface area contributed by atoms with Crippen molar-refractivity contribution in [2.75, 3.05) is 5.32 Å². The van der Waals surface area contributed by atoms with Gasteiger partial charge in [0, 0.05) is 17.5 Å². The Balaban J connectivity index is 2.40. The molecule has 102 valence electrons. The molecule has 5 nitrogen and oxygen atoms in total. The molecule has 1 amide bonds. The maximum atomic E-state index is 12.4. The van der Waals surface area contributed by atoms with Crippen molar-refractivity contribution in [3.63, 3.8) is 0 Å². The number of carbonyl (C=O) groups excluding carboxylic acids is 1. The Morgan fingerprint density at radius 2 is 2.21 bits per heavy atom. The molecule has 19 heavy (non-hydrogen) atoms. The van der Waals surface area contributed by atoms with Gasteiger partial charge in [-0.2, -0.15) is 0 Å². The lowest BCUT2D eigenvalue weighted by molar-refractivity contribution is -0.116. The number of rotatable bonds is 4. The lowest BCUT2D eigenvalue weighted by atomic mass is 10.2. The van der Waals surface area contributed by atoms with Crippen LogP contribution in [-0.2, 0) is 4.79 Å². The normalized spacial score (nSPS) is 10.9. The third-order valence-electron chi connectivity index (χ3n) is 2.94. The van der Waals surface area contributed by atoms with Crippen LogP contribution in [0.5, 0.6) is 0 Å². The molecule has 2 rings (SSSR count). The average Bonchev–Trinajstić information content (AvgIpc) is 2.73. The third-order valence-corrected chi connectivity index (χ3v) is 3.89. The van der Waals surface area contributed by atoms with E-state index < -0.39 is 0 Å². The first kappa shape index (κ1) is 13.7. The van der Waals surface area contributed by atoms with Gasteiger partial charge in [0.1, 0.15) is 5.69 Å². The van der Waals surface area contributed by atoms with E-state index in [-0.39, 0.29) is 11.5 Å². The van der Waals surface area contributed by atoms with Crippen LogP contribution in [0.25, 0.3) is 4.96 Å². The fourth-order valence-electron chi connectivity index (χ4n) is 1.87. The molecule has 0 aliphatic rings. The van der Waals surface area contributed by atoms with Crippen LogP contribution >= 0.6 is 11.3 Å². The van der Waals surface area contributed by atoms with Gasteiger partial charge in [0.15, 0.2) is 4.96 Å². The van der Waals surface area contributed by atoms with Crippen LogP contribution in [0.3, 0.4) is 0 Å². The lowest BCUT2D eigenvalue weighted by Gasteiger charge is -2.07. The zero-order chi connectivity index (χ0) is 14.0. The number of thiazole rings is 1. The Morgan fingerprint density at radius 1 is 1.47 bits per heavy atom.